The third kappa shape index (κ3) is 4.40. The molecule has 86 valence electrons. The number of nitrogens with one attached hydrogen (secondary N) is 1. The highest BCUT2D eigenvalue weighted by atomic mass is 32.2. The minimum absolute atomic E-state index is 0.230. The van der Waals surface area contributed by atoms with Gasteiger partial charge < -0.3 is 5.32 Å². The van der Waals surface area contributed by atoms with Crippen molar-refractivity contribution >= 4 is 22.1 Å². The molecule has 0 spiro atoms. The Morgan fingerprint density at radius 3 is 2.73 bits per heavy atom. The zero-order valence-electron chi connectivity index (χ0n) is 9.61. The fraction of sp³-hybridized carbons (Fsp3) is 0.700. The van der Waals surface area contributed by atoms with Crippen molar-refractivity contribution in [2.45, 2.75) is 32.9 Å². The Balaban J connectivity index is 2.48. The Hall–Kier alpha value is -0.260. The van der Waals surface area contributed by atoms with E-state index in [1.165, 1.54) is 0 Å². The largest absolute Gasteiger partial charge is 0.305 e. The van der Waals surface area contributed by atoms with Gasteiger partial charge in [0.2, 0.25) is 0 Å². The second kappa shape index (κ2) is 5.72. The standard InChI is InChI=1S/C10H18N2OS2/c1-7(6-15(4)13)11-8(2)10-5-14-9(3)12-10/h5,7-8,11H,6H2,1-4H3. The van der Waals surface area contributed by atoms with Gasteiger partial charge in [-0.15, -0.1) is 11.3 Å². The predicted molar refractivity (Wildman–Crippen MR) is 66.8 cm³/mol. The first-order valence-corrected chi connectivity index (χ1v) is 7.58. The van der Waals surface area contributed by atoms with Crippen LogP contribution in [0.4, 0.5) is 0 Å². The van der Waals surface area contributed by atoms with Crippen LogP contribution in [-0.4, -0.2) is 27.2 Å². The summed E-state index contributed by atoms with van der Waals surface area (Å²) >= 11 is 1.66. The molecule has 1 aromatic rings. The minimum Gasteiger partial charge on any atom is -0.305 e. The first-order valence-electron chi connectivity index (χ1n) is 4.97. The summed E-state index contributed by atoms with van der Waals surface area (Å²) < 4.78 is 11.0. The number of aromatic nitrogens is 1. The van der Waals surface area contributed by atoms with E-state index < -0.39 is 10.8 Å². The second-order valence-electron chi connectivity index (χ2n) is 3.82. The first-order chi connectivity index (χ1) is 6.99. The van der Waals surface area contributed by atoms with E-state index in [2.05, 4.69) is 29.5 Å². The van der Waals surface area contributed by atoms with Gasteiger partial charge in [0.1, 0.15) is 0 Å². The topological polar surface area (TPSA) is 42.0 Å². The van der Waals surface area contributed by atoms with Crippen LogP contribution in [0.5, 0.6) is 0 Å². The third-order valence-electron chi connectivity index (χ3n) is 2.10. The van der Waals surface area contributed by atoms with Crippen molar-refractivity contribution in [2.75, 3.05) is 12.0 Å². The van der Waals surface area contributed by atoms with Gasteiger partial charge >= 0.3 is 0 Å². The van der Waals surface area contributed by atoms with Crippen LogP contribution in [0.1, 0.15) is 30.6 Å². The Labute approximate surface area is 97.8 Å². The van der Waals surface area contributed by atoms with Gasteiger partial charge in [0.25, 0.3) is 0 Å². The van der Waals surface area contributed by atoms with E-state index in [1.807, 2.05) is 6.92 Å². The number of aryl methyl sites for hydroxylation is 1. The number of thiazole rings is 1. The molecule has 3 atom stereocenters. The van der Waals surface area contributed by atoms with Crippen molar-refractivity contribution in [1.82, 2.24) is 10.3 Å². The average Bonchev–Trinajstić information content (AvgIpc) is 2.49. The van der Waals surface area contributed by atoms with Gasteiger partial charge in [-0.3, -0.25) is 4.21 Å². The van der Waals surface area contributed by atoms with Crippen LogP contribution in [0.25, 0.3) is 0 Å². The van der Waals surface area contributed by atoms with Crippen LogP contribution < -0.4 is 5.32 Å². The molecule has 1 heterocycles. The van der Waals surface area contributed by atoms with Gasteiger partial charge in [-0.2, -0.15) is 0 Å². The van der Waals surface area contributed by atoms with Crippen LogP contribution in [0.2, 0.25) is 0 Å². The maximum absolute atomic E-state index is 11.0. The number of hydrogen-bond donors (Lipinski definition) is 1. The molecule has 0 saturated heterocycles. The molecule has 3 unspecified atom stereocenters. The third-order valence-corrected chi connectivity index (χ3v) is 3.86. The molecule has 0 radical (unpaired) electrons. The summed E-state index contributed by atoms with van der Waals surface area (Å²) in [5.41, 5.74) is 1.08. The molecular formula is C10H18N2OS2. The van der Waals surface area contributed by atoms with E-state index in [4.69, 9.17) is 0 Å². The normalized spacial score (nSPS) is 17.3. The van der Waals surface area contributed by atoms with Crippen molar-refractivity contribution < 1.29 is 4.21 Å². The summed E-state index contributed by atoms with van der Waals surface area (Å²) in [6, 6.07) is 0.487. The van der Waals surface area contributed by atoms with Crippen LogP contribution >= 0.6 is 11.3 Å². The molecular weight excluding hydrogens is 228 g/mol. The average molecular weight is 246 g/mol. The fourth-order valence-electron chi connectivity index (χ4n) is 1.49. The molecule has 0 aliphatic carbocycles. The highest BCUT2D eigenvalue weighted by Gasteiger charge is 2.12. The van der Waals surface area contributed by atoms with Crippen molar-refractivity contribution in [3.05, 3.63) is 16.1 Å². The lowest BCUT2D eigenvalue weighted by atomic mass is 10.2. The Morgan fingerprint density at radius 1 is 1.60 bits per heavy atom. The number of nitrogens with zero attached hydrogens (tertiary/aromatic N) is 1. The zero-order valence-corrected chi connectivity index (χ0v) is 11.2. The predicted octanol–water partition coefficient (Wildman–Crippen LogP) is 1.87. The highest BCUT2D eigenvalue weighted by molar-refractivity contribution is 7.84. The summed E-state index contributed by atoms with van der Waals surface area (Å²) in [7, 11) is -0.744. The first kappa shape index (κ1) is 12.8. The van der Waals surface area contributed by atoms with Gasteiger partial charge in [0.05, 0.1) is 10.7 Å². The van der Waals surface area contributed by atoms with E-state index in [0.29, 0.717) is 5.75 Å². The molecule has 0 fully saturated rings. The van der Waals surface area contributed by atoms with E-state index >= 15 is 0 Å². The molecule has 0 bridgehead atoms. The fourth-order valence-corrected chi connectivity index (χ4v) is 3.00. The van der Waals surface area contributed by atoms with Gasteiger partial charge in [-0.25, -0.2) is 4.98 Å². The monoisotopic (exact) mass is 246 g/mol. The minimum atomic E-state index is -0.744. The van der Waals surface area contributed by atoms with Crippen LogP contribution in [0.15, 0.2) is 5.38 Å². The molecule has 1 rings (SSSR count). The second-order valence-corrected chi connectivity index (χ2v) is 6.36. The lowest BCUT2D eigenvalue weighted by Gasteiger charge is -2.17. The van der Waals surface area contributed by atoms with E-state index in [0.717, 1.165) is 10.7 Å². The van der Waals surface area contributed by atoms with Gasteiger partial charge in [-0.05, 0) is 20.8 Å². The Kier molecular flexibility index (Phi) is 4.89. The van der Waals surface area contributed by atoms with E-state index in [9.17, 15) is 4.21 Å². The molecule has 0 amide bonds. The quantitative estimate of drug-likeness (QED) is 0.862. The SMILES string of the molecule is Cc1nc(C(C)NC(C)CS(C)=O)cs1. The highest BCUT2D eigenvalue weighted by Crippen LogP contribution is 2.16. The molecule has 1 N–H and O–H groups in total. The van der Waals surface area contributed by atoms with Crippen LogP contribution in [0, 0.1) is 6.92 Å². The Morgan fingerprint density at radius 2 is 2.27 bits per heavy atom. The van der Waals surface area contributed by atoms with Crippen LogP contribution in [0.3, 0.4) is 0 Å². The summed E-state index contributed by atoms with van der Waals surface area (Å²) in [6.07, 6.45) is 1.73. The van der Waals surface area contributed by atoms with E-state index in [1.54, 1.807) is 17.6 Å². The van der Waals surface area contributed by atoms with Gasteiger partial charge in [-0.1, -0.05) is 0 Å². The molecule has 0 aliphatic heterocycles. The van der Waals surface area contributed by atoms with Crippen LogP contribution in [-0.2, 0) is 10.8 Å². The number of hydrogen-bond acceptors (Lipinski definition) is 4. The van der Waals surface area contributed by atoms with E-state index in [-0.39, 0.29) is 12.1 Å². The van der Waals surface area contributed by atoms with Crippen molar-refractivity contribution in [1.29, 1.82) is 0 Å². The smallest absolute Gasteiger partial charge is 0.0898 e. The van der Waals surface area contributed by atoms with Gasteiger partial charge in [0.15, 0.2) is 0 Å². The molecule has 15 heavy (non-hydrogen) atoms. The molecule has 3 nitrogen and oxygen atoms in total. The zero-order chi connectivity index (χ0) is 11.4. The molecule has 5 heteroatoms. The van der Waals surface area contributed by atoms with Gasteiger partial charge in [0, 0.05) is 40.3 Å². The maximum atomic E-state index is 11.0. The molecule has 1 aromatic heterocycles. The number of rotatable bonds is 5. The van der Waals surface area contributed by atoms with Crippen molar-refractivity contribution in [3.8, 4) is 0 Å². The summed E-state index contributed by atoms with van der Waals surface area (Å²) in [5, 5.41) is 6.55. The van der Waals surface area contributed by atoms with Crippen molar-refractivity contribution in [3.63, 3.8) is 0 Å². The van der Waals surface area contributed by atoms with Crippen molar-refractivity contribution in [2.24, 2.45) is 0 Å². The summed E-state index contributed by atoms with van der Waals surface area (Å²) in [5.74, 6) is 0.688. The Bertz CT molecular complexity index is 338. The molecule has 0 saturated carbocycles. The summed E-state index contributed by atoms with van der Waals surface area (Å²) in [6.45, 7) is 6.14. The molecule has 0 aromatic carbocycles. The lowest BCUT2D eigenvalue weighted by Crippen LogP contribution is -2.33. The molecule has 0 aliphatic rings. The lowest BCUT2D eigenvalue weighted by molar-refractivity contribution is 0.500. The summed E-state index contributed by atoms with van der Waals surface area (Å²) in [4.78, 5) is 4.42. The maximum Gasteiger partial charge on any atom is 0.0898 e.